The number of fused-ring (bicyclic) bond motifs is 8. The Kier molecular flexibility index (Phi) is 5.19. The third kappa shape index (κ3) is 3.68. The number of benzene rings is 7. The fourth-order valence-corrected chi connectivity index (χ4v) is 7.94. The molecule has 0 fully saturated rings. The van der Waals surface area contributed by atoms with Crippen molar-refractivity contribution in [2.24, 2.45) is 0 Å². The van der Waals surface area contributed by atoms with Gasteiger partial charge >= 0.3 is 0 Å². The van der Waals surface area contributed by atoms with E-state index in [1.54, 1.807) is 17.6 Å². The fraction of sp³-hybridized carbons (Fsp3) is 0. The molecule has 3 heterocycles. The molecule has 0 N–H and O–H groups in total. The molecule has 10 aromatic rings. The van der Waals surface area contributed by atoms with E-state index >= 15 is 0 Å². The molecule has 10 rings (SSSR count). The molecule has 0 aliphatic rings. The summed E-state index contributed by atoms with van der Waals surface area (Å²) >= 11 is 1.76. The Hall–Kier alpha value is -5.64. The first kappa shape index (κ1) is 24.8. The standard InChI is InChI=1S/C42H24O2S/c1-3-8-33-31(6-1)40(32-7-2-4-9-34(32)41(33)29-12-11-25-19-20-43-38(25)24-29)28-13-16-30-26(22-28)14-18-37-42(30)35-23-27(15-17-36(35)44-37)39-10-5-21-45-39/h1-24H. The van der Waals surface area contributed by atoms with Gasteiger partial charge in [-0.05, 0) is 114 Å². The molecule has 0 unspecified atom stereocenters. The molecular weight excluding hydrogens is 569 g/mol. The molecule has 3 aromatic heterocycles. The van der Waals surface area contributed by atoms with Gasteiger partial charge in [-0.15, -0.1) is 11.3 Å². The van der Waals surface area contributed by atoms with Gasteiger partial charge in [-0.1, -0.05) is 84.9 Å². The van der Waals surface area contributed by atoms with Crippen LogP contribution in [0, 0.1) is 0 Å². The van der Waals surface area contributed by atoms with E-state index < -0.39 is 0 Å². The minimum Gasteiger partial charge on any atom is -0.464 e. The first-order chi connectivity index (χ1) is 22.3. The van der Waals surface area contributed by atoms with E-state index in [1.165, 1.54) is 64.8 Å². The van der Waals surface area contributed by atoms with Crippen LogP contribution in [0.2, 0.25) is 0 Å². The van der Waals surface area contributed by atoms with Gasteiger partial charge in [-0.25, -0.2) is 0 Å². The van der Waals surface area contributed by atoms with Gasteiger partial charge in [0, 0.05) is 21.0 Å². The van der Waals surface area contributed by atoms with Crippen LogP contribution in [0.4, 0.5) is 0 Å². The molecule has 0 saturated carbocycles. The summed E-state index contributed by atoms with van der Waals surface area (Å²) in [5.41, 5.74) is 8.81. The zero-order valence-corrected chi connectivity index (χ0v) is 24.9. The van der Waals surface area contributed by atoms with Crippen LogP contribution in [-0.2, 0) is 0 Å². The second-order valence-corrected chi connectivity index (χ2v) is 12.6. The van der Waals surface area contributed by atoms with Gasteiger partial charge in [-0.2, -0.15) is 0 Å². The molecule has 0 bridgehead atoms. The quantitative estimate of drug-likeness (QED) is 0.191. The SMILES string of the molecule is c1csc(-c2ccc3oc4ccc5cc(-c6c7ccccc7c(-c7ccc8ccoc8c7)c7ccccc67)ccc5c4c3c2)c1. The lowest BCUT2D eigenvalue weighted by atomic mass is 9.85. The van der Waals surface area contributed by atoms with Crippen LogP contribution in [-0.4, -0.2) is 0 Å². The topological polar surface area (TPSA) is 26.3 Å². The summed E-state index contributed by atoms with van der Waals surface area (Å²) in [5, 5.41) is 12.9. The maximum atomic E-state index is 6.34. The van der Waals surface area contributed by atoms with Gasteiger partial charge in [0.1, 0.15) is 16.7 Å². The van der Waals surface area contributed by atoms with Crippen molar-refractivity contribution < 1.29 is 8.83 Å². The van der Waals surface area contributed by atoms with E-state index in [1.807, 2.05) is 6.07 Å². The summed E-state index contributed by atoms with van der Waals surface area (Å²) in [6, 6.07) is 48.2. The second-order valence-electron chi connectivity index (χ2n) is 11.7. The molecule has 0 aliphatic heterocycles. The molecule has 45 heavy (non-hydrogen) atoms. The molecule has 210 valence electrons. The second kappa shape index (κ2) is 9.43. The lowest BCUT2D eigenvalue weighted by Crippen LogP contribution is -1.91. The van der Waals surface area contributed by atoms with E-state index in [0.717, 1.165) is 33.1 Å². The average molecular weight is 593 g/mol. The maximum Gasteiger partial charge on any atom is 0.136 e. The smallest absolute Gasteiger partial charge is 0.136 e. The highest BCUT2D eigenvalue weighted by Gasteiger charge is 2.18. The van der Waals surface area contributed by atoms with Gasteiger partial charge in [-0.3, -0.25) is 0 Å². The molecule has 0 aliphatic carbocycles. The predicted octanol–water partition coefficient (Wildman–Crippen LogP) is 12.9. The lowest BCUT2D eigenvalue weighted by molar-refractivity contribution is 0.616. The Bertz CT molecular complexity index is 2700. The van der Waals surface area contributed by atoms with E-state index in [0.29, 0.717) is 0 Å². The highest BCUT2D eigenvalue weighted by atomic mass is 32.1. The van der Waals surface area contributed by atoms with Crippen molar-refractivity contribution in [2.45, 2.75) is 0 Å². The summed E-state index contributed by atoms with van der Waals surface area (Å²) in [7, 11) is 0. The molecule has 0 spiro atoms. The van der Waals surface area contributed by atoms with E-state index in [4.69, 9.17) is 8.83 Å². The molecule has 7 aromatic carbocycles. The highest BCUT2D eigenvalue weighted by molar-refractivity contribution is 7.13. The van der Waals surface area contributed by atoms with Gasteiger partial charge in [0.25, 0.3) is 0 Å². The molecular formula is C42H24O2S. The summed E-state index contributed by atoms with van der Waals surface area (Å²) in [6.45, 7) is 0. The number of hydrogen-bond donors (Lipinski definition) is 0. The van der Waals surface area contributed by atoms with Crippen molar-refractivity contribution in [3.8, 4) is 32.7 Å². The van der Waals surface area contributed by atoms with E-state index in [2.05, 4.69) is 133 Å². The Morgan fingerprint density at radius 1 is 0.422 bits per heavy atom. The van der Waals surface area contributed by atoms with Gasteiger partial charge < -0.3 is 8.83 Å². The van der Waals surface area contributed by atoms with Crippen LogP contribution >= 0.6 is 11.3 Å². The van der Waals surface area contributed by atoms with Crippen LogP contribution in [0.1, 0.15) is 0 Å². The average Bonchev–Trinajstić information content (AvgIpc) is 3.86. The largest absolute Gasteiger partial charge is 0.464 e. The molecule has 0 saturated heterocycles. The van der Waals surface area contributed by atoms with Crippen LogP contribution in [0.5, 0.6) is 0 Å². The summed E-state index contributed by atoms with van der Waals surface area (Å²) < 4.78 is 12.1. The zero-order valence-electron chi connectivity index (χ0n) is 24.1. The van der Waals surface area contributed by atoms with Crippen LogP contribution in [0.3, 0.4) is 0 Å². The molecule has 0 atom stereocenters. The third-order valence-electron chi connectivity index (χ3n) is 9.22. The molecule has 0 radical (unpaired) electrons. The Morgan fingerprint density at radius 2 is 1.09 bits per heavy atom. The van der Waals surface area contributed by atoms with Crippen molar-refractivity contribution in [3.05, 3.63) is 145 Å². The van der Waals surface area contributed by atoms with Crippen molar-refractivity contribution in [1.29, 1.82) is 0 Å². The minimum absolute atomic E-state index is 0.903. The van der Waals surface area contributed by atoms with Gasteiger partial charge in [0.05, 0.1) is 6.26 Å². The molecule has 0 amide bonds. The number of furan rings is 2. The molecule has 3 heteroatoms. The van der Waals surface area contributed by atoms with Gasteiger partial charge in [0.15, 0.2) is 0 Å². The van der Waals surface area contributed by atoms with Crippen molar-refractivity contribution in [2.75, 3.05) is 0 Å². The summed E-state index contributed by atoms with van der Waals surface area (Å²) in [5.74, 6) is 0. The minimum atomic E-state index is 0.903. The van der Waals surface area contributed by atoms with Gasteiger partial charge in [0.2, 0.25) is 0 Å². The first-order valence-corrected chi connectivity index (χ1v) is 16.0. The van der Waals surface area contributed by atoms with Crippen molar-refractivity contribution >= 4 is 76.6 Å². The predicted molar refractivity (Wildman–Crippen MR) is 190 cm³/mol. The Labute approximate surface area is 262 Å². The van der Waals surface area contributed by atoms with E-state index in [9.17, 15) is 0 Å². The van der Waals surface area contributed by atoms with Crippen LogP contribution < -0.4 is 0 Å². The zero-order chi connectivity index (χ0) is 29.5. The molecule has 2 nitrogen and oxygen atoms in total. The van der Waals surface area contributed by atoms with Crippen LogP contribution in [0.25, 0.3) is 97.9 Å². The first-order valence-electron chi connectivity index (χ1n) is 15.1. The summed E-state index contributed by atoms with van der Waals surface area (Å²) in [6.07, 6.45) is 1.76. The van der Waals surface area contributed by atoms with E-state index in [-0.39, 0.29) is 0 Å². The number of thiophene rings is 1. The summed E-state index contributed by atoms with van der Waals surface area (Å²) in [4.78, 5) is 1.26. The number of hydrogen-bond acceptors (Lipinski definition) is 3. The fourth-order valence-electron chi connectivity index (χ4n) is 7.22. The van der Waals surface area contributed by atoms with Crippen molar-refractivity contribution in [1.82, 2.24) is 0 Å². The van der Waals surface area contributed by atoms with Crippen LogP contribution in [0.15, 0.2) is 154 Å². The van der Waals surface area contributed by atoms with Crippen molar-refractivity contribution in [3.63, 3.8) is 0 Å². The monoisotopic (exact) mass is 592 g/mol. The maximum absolute atomic E-state index is 6.34. The third-order valence-corrected chi connectivity index (χ3v) is 10.1. The Morgan fingerprint density at radius 3 is 1.82 bits per heavy atom. The normalized spacial score (nSPS) is 12.0. The highest BCUT2D eigenvalue weighted by Crippen LogP contribution is 2.45. The lowest BCUT2D eigenvalue weighted by Gasteiger charge is -2.18. The number of rotatable bonds is 3. The Balaban J connectivity index is 1.23.